The second-order valence-electron chi connectivity index (χ2n) is 4.03. The molecule has 1 aromatic rings. The van der Waals surface area contributed by atoms with Crippen molar-refractivity contribution in [2.24, 2.45) is 5.73 Å². The fourth-order valence-corrected chi connectivity index (χ4v) is 1.87. The molecule has 1 fully saturated rings. The third kappa shape index (κ3) is 2.33. The van der Waals surface area contributed by atoms with Crippen LogP contribution in [0.15, 0.2) is 18.2 Å². The smallest absolute Gasteiger partial charge is 0.251 e. The predicted molar refractivity (Wildman–Crippen MR) is 59.9 cm³/mol. The molecule has 1 amide bonds. The Morgan fingerprint density at radius 2 is 2.19 bits per heavy atom. The number of hydrogen-bond acceptors (Lipinski definition) is 2. The Hall–Kier alpha value is -1.13. The normalized spacial score (nSPS) is 23.7. The van der Waals surface area contributed by atoms with Crippen molar-refractivity contribution >= 4 is 17.5 Å². The number of benzene rings is 1. The van der Waals surface area contributed by atoms with Gasteiger partial charge < -0.3 is 11.1 Å². The minimum atomic E-state index is -0.524. The number of rotatable bonds is 2. The van der Waals surface area contributed by atoms with E-state index in [4.69, 9.17) is 17.3 Å². The SMILES string of the molecule is NC1CC(NC(=O)c2ccc(F)c(Cl)c2)C1. The molecule has 0 heterocycles. The summed E-state index contributed by atoms with van der Waals surface area (Å²) in [6.07, 6.45) is 1.58. The quantitative estimate of drug-likeness (QED) is 0.829. The summed E-state index contributed by atoms with van der Waals surface area (Å²) in [4.78, 5) is 11.7. The van der Waals surface area contributed by atoms with Crippen molar-refractivity contribution in [1.29, 1.82) is 0 Å². The molecule has 3 N–H and O–H groups in total. The average molecular weight is 243 g/mol. The van der Waals surface area contributed by atoms with E-state index in [1.807, 2.05) is 0 Å². The molecule has 0 aliphatic heterocycles. The summed E-state index contributed by atoms with van der Waals surface area (Å²) >= 11 is 5.59. The molecule has 86 valence electrons. The molecule has 3 nitrogen and oxygen atoms in total. The van der Waals surface area contributed by atoms with Crippen LogP contribution in [0.4, 0.5) is 4.39 Å². The molecule has 1 aliphatic rings. The number of halogens is 2. The Morgan fingerprint density at radius 1 is 1.50 bits per heavy atom. The second kappa shape index (κ2) is 4.39. The molecule has 2 rings (SSSR count). The predicted octanol–water partition coefficient (Wildman–Crippen LogP) is 1.70. The van der Waals surface area contributed by atoms with Gasteiger partial charge in [-0.15, -0.1) is 0 Å². The molecule has 1 saturated carbocycles. The molecule has 16 heavy (non-hydrogen) atoms. The lowest BCUT2D eigenvalue weighted by Gasteiger charge is -2.32. The van der Waals surface area contributed by atoms with Gasteiger partial charge in [-0.3, -0.25) is 4.79 Å². The maximum Gasteiger partial charge on any atom is 0.251 e. The highest BCUT2D eigenvalue weighted by Crippen LogP contribution is 2.19. The van der Waals surface area contributed by atoms with Crippen molar-refractivity contribution in [3.63, 3.8) is 0 Å². The van der Waals surface area contributed by atoms with Crippen LogP contribution in [0.5, 0.6) is 0 Å². The van der Waals surface area contributed by atoms with Gasteiger partial charge in [0.2, 0.25) is 0 Å². The van der Waals surface area contributed by atoms with Gasteiger partial charge in [0.25, 0.3) is 5.91 Å². The van der Waals surface area contributed by atoms with Crippen LogP contribution < -0.4 is 11.1 Å². The van der Waals surface area contributed by atoms with Gasteiger partial charge in [0, 0.05) is 17.6 Å². The van der Waals surface area contributed by atoms with Crippen molar-refractivity contribution in [3.05, 3.63) is 34.6 Å². The van der Waals surface area contributed by atoms with Gasteiger partial charge in [-0.05, 0) is 31.0 Å². The number of carbonyl (C=O) groups is 1. The fraction of sp³-hybridized carbons (Fsp3) is 0.364. The van der Waals surface area contributed by atoms with E-state index in [-0.39, 0.29) is 23.0 Å². The topological polar surface area (TPSA) is 55.1 Å². The Balaban J connectivity index is 2.01. The first-order valence-corrected chi connectivity index (χ1v) is 5.45. The van der Waals surface area contributed by atoms with Gasteiger partial charge in [-0.2, -0.15) is 0 Å². The molecule has 5 heteroatoms. The van der Waals surface area contributed by atoms with Crippen LogP contribution in [0.3, 0.4) is 0 Å². The number of amides is 1. The molecular formula is C11H12ClFN2O. The molecular weight excluding hydrogens is 231 g/mol. The van der Waals surface area contributed by atoms with Gasteiger partial charge in [0.05, 0.1) is 5.02 Å². The van der Waals surface area contributed by atoms with E-state index >= 15 is 0 Å². The molecule has 0 spiro atoms. The minimum absolute atomic E-state index is 0.0436. The lowest BCUT2D eigenvalue weighted by molar-refractivity contribution is 0.0910. The lowest BCUT2D eigenvalue weighted by atomic mass is 9.87. The highest BCUT2D eigenvalue weighted by Gasteiger charge is 2.27. The summed E-state index contributed by atoms with van der Waals surface area (Å²) < 4.78 is 12.9. The molecule has 1 aliphatic carbocycles. The Bertz CT molecular complexity index is 418. The van der Waals surface area contributed by atoms with E-state index in [2.05, 4.69) is 5.32 Å². The summed E-state index contributed by atoms with van der Waals surface area (Å²) in [6.45, 7) is 0. The summed E-state index contributed by atoms with van der Waals surface area (Å²) in [7, 11) is 0. The second-order valence-corrected chi connectivity index (χ2v) is 4.44. The minimum Gasteiger partial charge on any atom is -0.349 e. The lowest BCUT2D eigenvalue weighted by Crippen LogP contribution is -2.50. The number of hydrogen-bond donors (Lipinski definition) is 2. The van der Waals surface area contributed by atoms with Crippen molar-refractivity contribution < 1.29 is 9.18 Å². The average Bonchev–Trinajstić information content (AvgIpc) is 2.19. The van der Waals surface area contributed by atoms with Crippen molar-refractivity contribution in [2.75, 3.05) is 0 Å². The summed E-state index contributed by atoms with van der Waals surface area (Å²) in [5, 5.41) is 2.77. The van der Waals surface area contributed by atoms with Gasteiger partial charge in [-0.1, -0.05) is 11.6 Å². The third-order valence-electron chi connectivity index (χ3n) is 2.69. The van der Waals surface area contributed by atoms with Crippen LogP contribution in [0.1, 0.15) is 23.2 Å². The Kier molecular flexibility index (Phi) is 3.12. The van der Waals surface area contributed by atoms with Crippen molar-refractivity contribution in [3.8, 4) is 0 Å². The van der Waals surface area contributed by atoms with Crippen LogP contribution in [-0.4, -0.2) is 18.0 Å². The Morgan fingerprint density at radius 3 is 2.75 bits per heavy atom. The highest BCUT2D eigenvalue weighted by molar-refractivity contribution is 6.31. The van der Waals surface area contributed by atoms with E-state index in [0.29, 0.717) is 5.56 Å². The van der Waals surface area contributed by atoms with E-state index in [1.54, 1.807) is 0 Å². The van der Waals surface area contributed by atoms with Crippen molar-refractivity contribution in [2.45, 2.75) is 24.9 Å². The van der Waals surface area contributed by atoms with E-state index in [1.165, 1.54) is 18.2 Å². The van der Waals surface area contributed by atoms with E-state index in [0.717, 1.165) is 12.8 Å². The Labute approximate surface area is 97.8 Å². The van der Waals surface area contributed by atoms with Crippen LogP contribution >= 0.6 is 11.6 Å². The zero-order valence-electron chi connectivity index (χ0n) is 8.54. The molecule has 0 aromatic heterocycles. The first kappa shape index (κ1) is 11.4. The van der Waals surface area contributed by atoms with Gasteiger partial charge in [0.1, 0.15) is 5.82 Å². The largest absolute Gasteiger partial charge is 0.349 e. The maximum atomic E-state index is 12.9. The number of nitrogens with two attached hydrogens (primary N) is 1. The third-order valence-corrected chi connectivity index (χ3v) is 2.98. The van der Waals surface area contributed by atoms with E-state index < -0.39 is 5.82 Å². The first-order chi connectivity index (χ1) is 7.56. The zero-order valence-corrected chi connectivity index (χ0v) is 9.30. The molecule has 0 unspecified atom stereocenters. The standard InChI is InChI=1S/C11H12ClFN2O/c12-9-3-6(1-2-10(9)13)11(16)15-8-4-7(14)5-8/h1-3,7-8H,4-5,14H2,(H,15,16). The van der Waals surface area contributed by atoms with E-state index in [9.17, 15) is 9.18 Å². The summed E-state index contributed by atoms with van der Waals surface area (Å²) in [6, 6.07) is 4.23. The number of carbonyl (C=O) groups excluding carboxylic acids is 1. The van der Waals surface area contributed by atoms with Gasteiger partial charge in [0.15, 0.2) is 0 Å². The highest BCUT2D eigenvalue weighted by atomic mass is 35.5. The van der Waals surface area contributed by atoms with Crippen molar-refractivity contribution in [1.82, 2.24) is 5.32 Å². The molecule has 0 bridgehead atoms. The summed E-state index contributed by atoms with van der Waals surface area (Å²) in [5.41, 5.74) is 5.97. The van der Waals surface area contributed by atoms with Gasteiger partial charge >= 0.3 is 0 Å². The molecule has 0 saturated heterocycles. The zero-order chi connectivity index (χ0) is 11.7. The molecule has 0 atom stereocenters. The van der Waals surface area contributed by atoms with Crippen LogP contribution in [-0.2, 0) is 0 Å². The van der Waals surface area contributed by atoms with Crippen LogP contribution in [0.2, 0.25) is 5.02 Å². The molecule has 0 radical (unpaired) electrons. The maximum absolute atomic E-state index is 12.9. The monoisotopic (exact) mass is 242 g/mol. The van der Waals surface area contributed by atoms with Gasteiger partial charge in [-0.25, -0.2) is 4.39 Å². The van der Waals surface area contributed by atoms with Crippen LogP contribution in [0, 0.1) is 5.82 Å². The van der Waals surface area contributed by atoms with Crippen LogP contribution in [0.25, 0.3) is 0 Å². The summed E-state index contributed by atoms with van der Waals surface area (Å²) in [5.74, 6) is -0.761. The first-order valence-electron chi connectivity index (χ1n) is 5.08. The number of nitrogens with one attached hydrogen (secondary N) is 1. The molecule has 1 aromatic carbocycles. The fourth-order valence-electron chi connectivity index (χ4n) is 1.69.